The van der Waals surface area contributed by atoms with Gasteiger partial charge in [-0.2, -0.15) is 5.10 Å². The highest BCUT2D eigenvalue weighted by Crippen LogP contribution is 2.59. The highest BCUT2D eigenvalue weighted by Gasteiger charge is 2.52. The van der Waals surface area contributed by atoms with Gasteiger partial charge in [0.05, 0.1) is 12.2 Å². The number of amides is 1. The Hall–Kier alpha value is -2.44. The predicted molar refractivity (Wildman–Crippen MR) is 99.1 cm³/mol. The molecule has 2 N–H and O–H groups in total. The number of aromatic nitrogens is 4. The van der Waals surface area contributed by atoms with Crippen molar-refractivity contribution in [1.29, 1.82) is 0 Å². The third kappa shape index (κ3) is 2.80. The van der Waals surface area contributed by atoms with Crippen LogP contribution in [0, 0.1) is 17.8 Å². The van der Waals surface area contributed by atoms with Crippen molar-refractivity contribution < 1.29 is 4.79 Å². The molecule has 7 heteroatoms. The van der Waals surface area contributed by atoms with Crippen molar-refractivity contribution in [2.24, 2.45) is 17.8 Å². The van der Waals surface area contributed by atoms with E-state index in [-0.39, 0.29) is 22.4 Å². The molecular formula is C20H25N5O2. The fraction of sp³-hybridized carbons (Fsp3) is 0.600. The van der Waals surface area contributed by atoms with Crippen LogP contribution in [-0.2, 0) is 12.0 Å². The number of nitrogens with one attached hydrogen (secondary N) is 2. The second-order valence-corrected chi connectivity index (χ2v) is 8.92. The van der Waals surface area contributed by atoms with Crippen molar-refractivity contribution in [2.75, 3.05) is 7.05 Å². The molecule has 27 heavy (non-hydrogen) atoms. The quantitative estimate of drug-likeness (QED) is 0.866. The summed E-state index contributed by atoms with van der Waals surface area (Å²) in [5, 5.41) is 6.71. The molecule has 4 bridgehead atoms. The van der Waals surface area contributed by atoms with Crippen molar-refractivity contribution in [3.05, 3.63) is 45.9 Å². The van der Waals surface area contributed by atoms with Crippen molar-refractivity contribution in [3.63, 3.8) is 0 Å². The monoisotopic (exact) mass is 367 g/mol. The Morgan fingerprint density at radius 2 is 1.89 bits per heavy atom. The molecule has 0 spiro atoms. The van der Waals surface area contributed by atoms with Crippen LogP contribution in [0.4, 0.5) is 0 Å². The van der Waals surface area contributed by atoms with Crippen LogP contribution < -0.4 is 5.56 Å². The van der Waals surface area contributed by atoms with Gasteiger partial charge in [-0.3, -0.25) is 14.7 Å². The van der Waals surface area contributed by atoms with E-state index in [1.807, 2.05) is 6.07 Å². The maximum absolute atomic E-state index is 12.7. The van der Waals surface area contributed by atoms with Crippen LogP contribution in [0.1, 0.15) is 60.4 Å². The van der Waals surface area contributed by atoms with E-state index < -0.39 is 0 Å². The standard InChI is InChI=1S/C20H25N5O2/c1-25(11-15-2-3-22-24-15)18(27)16-10-21-19(23-17(16)26)20-7-12-4-13(8-20)6-14(5-12)9-20/h2-3,10,12-14H,4-9,11H2,1H3,(H,22,24)(H,21,23,26). The van der Waals surface area contributed by atoms with Crippen molar-refractivity contribution in [2.45, 2.75) is 50.5 Å². The number of aromatic amines is 2. The van der Waals surface area contributed by atoms with Gasteiger partial charge in [0.15, 0.2) is 0 Å². The number of carbonyl (C=O) groups is 1. The second kappa shape index (κ2) is 6.04. The van der Waals surface area contributed by atoms with E-state index in [4.69, 9.17) is 0 Å². The Morgan fingerprint density at radius 1 is 1.22 bits per heavy atom. The molecule has 7 nitrogen and oxygen atoms in total. The predicted octanol–water partition coefficient (Wildman–Crippen LogP) is 2.23. The lowest BCUT2D eigenvalue weighted by Gasteiger charge is -2.56. The van der Waals surface area contributed by atoms with Crippen LogP contribution in [0.3, 0.4) is 0 Å². The zero-order valence-corrected chi connectivity index (χ0v) is 15.6. The van der Waals surface area contributed by atoms with Gasteiger partial charge in [-0.1, -0.05) is 0 Å². The molecule has 4 aliphatic rings. The zero-order valence-electron chi connectivity index (χ0n) is 15.6. The molecule has 4 saturated carbocycles. The molecule has 2 aromatic heterocycles. The van der Waals surface area contributed by atoms with Crippen LogP contribution in [-0.4, -0.2) is 38.0 Å². The fourth-order valence-electron chi connectivity index (χ4n) is 6.12. The summed E-state index contributed by atoms with van der Waals surface area (Å²) >= 11 is 0. The molecule has 0 atom stereocenters. The lowest BCUT2D eigenvalue weighted by molar-refractivity contribution is -0.00954. The lowest BCUT2D eigenvalue weighted by atomic mass is 9.49. The van der Waals surface area contributed by atoms with E-state index in [0.717, 1.165) is 48.5 Å². The molecule has 1 amide bonds. The summed E-state index contributed by atoms with van der Waals surface area (Å²) in [6, 6.07) is 1.81. The van der Waals surface area contributed by atoms with Gasteiger partial charge in [0.25, 0.3) is 11.5 Å². The van der Waals surface area contributed by atoms with Gasteiger partial charge in [-0.15, -0.1) is 0 Å². The molecule has 0 aromatic carbocycles. The third-order valence-corrected chi connectivity index (χ3v) is 6.88. The zero-order chi connectivity index (χ0) is 18.6. The van der Waals surface area contributed by atoms with Gasteiger partial charge in [-0.05, 0) is 62.3 Å². The molecule has 142 valence electrons. The summed E-state index contributed by atoms with van der Waals surface area (Å²) in [5.41, 5.74) is 0.625. The first-order valence-corrected chi connectivity index (χ1v) is 9.86. The molecule has 4 fully saturated rings. The third-order valence-electron chi connectivity index (χ3n) is 6.88. The van der Waals surface area contributed by atoms with Gasteiger partial charge >= 0.3 is 0 Å². The van der Waals surface area contributed by atoms with Gasteiger partial charge in [0.2, 0.25) is 0 Å². The second-order valence-electron chi connectivity index (χ2n) is 8.92. The van der Waals surface area contributed by atoms with E-state index in [1.54, 1.807) is 13.2 Å². The number of carbonyl (C=O) groups excluding carboxylic acids is 1. The molecule has 2 heterocycles. The Balaban J connectivity index is 1.39. The number of nitrogens with zero attached hydrogens (tertiary/aromatic N) is 3. The van der Waals surface area contributed by atoms with Gasteiger partial charge in [0.1, 0.15) is 11.4 Å². The van der Waals surface area contributed by atoms with E-state index >= 15 is 0 Å². The van der Waals surface area contributed by atoms with Crippen LogP contribution in [0.5, 0.6) is 0 Å². The lowest BCUT2D eigenvalue weighted by Crippen LogP contribution is -2.50. The van der Waals surface area contributed by atoms with E-state index in [1.165, 1.54) is 30.4 Å². The summed E-state index contributed by atoms with van der Waals surface area (Å²) in [4.78, 5) is 34.5. The summed E-state index contributed by atoms with van der Waals surface area (Å²) in [6.45, 7) is 0.370. The van der Waals surface area contributed by atoms with E-state index in [2.05, 4.69) is 20.2 Å². The number of rotatable bonds is 4. The summed E-state index contributed by atoms with van der Waals surface area (Å²) in [6.07, 6.45) is 10.6. The highest BCUT2D eigenvalue weighted by molar-refractivity contribution is 5.93. The number of hydrogen-bond acceptors (Lipinski definition) is 4. The highest BCUT2D eigenvalue weighted by atomic mass is 16.2. The normalized spacial score (nSPS) is 31.2. The molecule has 0 saturated heterocycles. The first kappa shape index (κ1) is 16.7. The number of hydrogen-bond donors (Lipinski definition) is 2. The van der Waals surface area contributed by atoms with Gasteiger partial charge in [-0.25, -0.2) is 4.98 Å². The SMILES string of the molecule is CN(Cc1ccn[nH]1)C(=O)c1cnc(C23CC4CC(CC(C4)C2)C3)[nH]c1=O. The summed E-state index contributed by atoms with van der Waals surface area (Å²) < 4.78 is 0. The molecule has 0 aliphatic heterocycles. The first-order chi connectivity index (χ1) is 13.0. The fourth-order valence-corrected chi connectivity index (χ4v) is 6.12. The smallest absolute Gasteiger partial charge is 0.263 e. The van der Waals surface area contributed by atoms with Crippen molar-refractivity contribution in [3.8, 4) is 0 Å². The number of H-pyrrole nitrogens is 2. The van der Waals surface area contributed by atoms with Crippen LogP contribution in [0.15, 0.2) is 23.3 Å². The van der Waals surface area contributed by atoms with Crippen LogP contribution in [0.25, 0.3) is 0 Å². The summed E-state index contributed by atoms with van der Waals surface area (Å²) in [7, 11) is 1.68. The van der Waals surface area contributed by atoms with E-state index in [9.17, 15) is 9.59 Å². The maximum atomic E-state index is 12.7. The minimum absolute atomic E-state index is 0.0251. The molecule has 4 aliphatic carbocycles. The summed E-state index contributed by atoms with van der Waals surface area (Å²) in [5.74, 6) is 2.82. The van der Waals surface area contributed by atoms with Crippen molar-refractivity contribution in [1.82, 2.24) is 25.1 Å². The Morgan fingerprint density at radius 3 is 2.44 bits per heavy atom. The largest absolute Gasteiger partial charge is 0.336 e. The molecular weight excluding hydrogens is 342 g/mol. The van der Waals surface area contributed by atoms with Crippen LogP contribution in [0.2, 0.25) is 0 Å². The van der Waals surface area contributed by atoms with Crippen LogP contribution >= 0.6 is 0 Å². The molecule has 0 radical (unpaired) electrons. The van der Waals surface area contributed by atoms with Gasteiger partial charge in [0, 0.05) is 24.9 Å². The van der Waals surface area contributed by atoms with Crippen molar-refractivity contribution >= 4 is 5.91 Å². The van der Waals surface area contributed by atoms with Gasteiger partial charge < -0.3 is 9.88 Å². The van der Waals surface area contributed by atoms with E-state index in [0.29, 0.717) is 6.54 Å². The average Bonchev–Trinajstić information content (AvgIpc) is 3.13. The Kier molecular flexibility index (Phi) is 3.74. The maximum Gasteiger partial charge on any atom is 0.263 e. The average molecular weight is 367 g/mol. The minimum Gasteiger partial charge on any atom is -0.336 e. The minimum atomic E-state index is -0.324. The Bertz CT molecular complexity index is 881. The topological polar surface area (TPSA) is 94.7 Å². The molecule has 6 rings (SSSR count). The molecule has 2 aromatic rings. The molecule has 0 unspecified atom stereocenters. The Labute approximate surface area is 157 Å². The first-order valence-electron chi connectivity index (χ1n) is 9.86.